The van der Waals surface area contributed by atoms with Crippen molar-refractivity contribution in [2.75, 3.05) is 13.2 Å². The predicted octanol–water partition coefficient (Wildman–Crippen LogP) is 1.91. The summed E-state index contributed by atoms with van der Waals surface area (Å²) >= 11 is 7.09. The molecule has 2 rings (SSSR count). The first-order valence-corrected chi connectivity index (χ1v) is 7.35. The van der Waals surface area contributed by atoms with E-state index in [2.05, 4.69) is 10.6 Å². The van der Waals surface area contributed by atoms with Crippen LogP contribution in [0, 0.1) is 0 Å². The minimum atomic E-state index is -0.736. The van der Waals surface area contributed by atoms with E-state index in [-0.39, 0.29) is 24.7 Å². The second kappa shape index (κ2) is 6.56. The van der Waals surface area contributed by atoms with Crippen LogP contribution in [-0.2, 0) is 4.74 Å². The van der Waals surface area contributed by atoms with Crippen molar-refractivity contribution in [1.29, 1.82) is 0 Å². The van der Waals surface area contributed by atoms with Crippen molar-refractivity contribution in [1.82, 2.24) is 10.6 Å². The monoisotopic (exact) mass is 304 g/mol. The van der Waals surface area contributed by atoms with Gasteiger partial charge in [-0.1, -0.05) is 11.6 Å². The van der Waals surface area contributed by atoms with Crippen molar-refractivity contribution in [2.24, 2.45) is 0 Å². The number of rotatable bonds is 4. The van der Waals surface area contributed by atoms with E-state index < -0.39 is 6.10 Å². The zero-order valence-corrected chi connectivity index (χ0v) is 12.1. The van der Waals surface area contributed by atoms with Crippen LogP contribution in [0.3, 0.4) is 0 Å². The number of carbonyl (C=O) groups is 1. The lowest BCUT2D eigenvalue weighted by Crippen LogP contribution is -2.45. The minimum absolute atomic E-state index is 0.0341. The fourth-order valence-corrected chi connectivity index (χ4v) is 2.98. The summed E-state index contributed by atoms with van der Waals surface area (Å²) in [5, 5.41) is 15.4. The standard InChI is InChI=1S/C12H17ClN2O3S/c1-7-8(4-5-18-7)15-12(17)14-6-9(16)10-2-3-11(13)19-10/h2-3,7-9,16H,4-6H2,1H3,(H2,14,15,17). The molecule has 0 spiro atoms. The van der Waals surface area contributed by atoms with Crippen LogP contribution in [0.4, 0.5) is 4.79 Å². The molecular weight excluding hydrogens is 288 g/mol. The van der Waals surface area contributed by atoms with E-state index in [1.807, 2.05) is 6.92 Å². The van der Waals surface area contributed by atoms with Gasteiger partial charge in [0.1, 0.15) is 6.10 Å². The molecule has 5 nitrogen and oxygen atoms in total. The number of amides is 2. The number of aliphatic hydroxyl groups excluding tert-OH is 1. The van der Waals surface area contributed by atoms with Crippen molar-refractivity contribution in [2.45, 2.75) is 31.6 Å². The molecule has 0 aromatic carbocycles. The van der Waals surface area contributed by atoms with Crippen LogP contribution < -0.4 is 10.6 Å². The summed E-state index contributed by atoms with van der Waals surface area (Å²) < 4.78 is 5.98. The third-order valence-corrected chi connectivity index (χ3v) is 4.40. The number of thiophene rings is 1. The Labute approximate surface area is 120 Å². The van der Waals surface area contributed by atoms with Crippen LogP contribution in [0.5, 0.6) is 0 Å². The number of aliphatic hydroxyl groups is 1. The Bertz CT molecular complexity index is 440. The van der Waals surface area contributed by atoms with Crippen LogP contribution in [-0.4, -0.2) is 36.4 Å². The van der Waals surface area contributed by atoms with Gasteiger partial charge in [-0.2, -0.15) is 0 Å². The van der Waals surface area contributed by atoms with Gasteiger partial charge in [0.15, 0.2) is 0 Å². The van der Waals surface area contributed by atoms with Gasteiger partial charge in [0.2, 0.25) is 0 Å². The molecule has 2 heterocycles. The molecule has 1 aromatic rings. The van der Waals surface area contributed by atoms with Crippen LogP contribution in [0.2, 0.25) is 4.34 Å². The minimum Gasteiger partial charge on any atom is -0.386 e. The van der Waals surface area contributed by atoms with Crippen LogP contribution in [0.1, 0.15) is 24.3 Å². The molecule has 1 aliphatic heterocycles. The second-order valence-corrected chi connectivity index (χ2v) is 6.23. The highest BCUT2D eigenvalue weighted by molar-refractivity contribution is 7.16. The Balaban J connectivity index is 1.74. The third-order valence-electron chi connectivity index (χ3n) is 3.07. The number of hydrogen-bond donors (Lipinski definition) is 3. The van der Waals surface area contributed by atoms with Gasteiger partial charge < -0.3 is 20.5 Å². The van der Waals surface area contributed by atoms with E-state index >= 15 is 0 Å². The first-order valence-electron chi connectivity index (χ1n) is 6.15. The maximum atomic E-state index is 11.7. The Hall–Kier alpha value is -0.820. The smallest absolute Gasteiger partial charge is 0.315 e. The average Bonchev–Trinajstić information content (AvgIpc) is 2.96. The molecule has 106 valence electrons. The summed E-state index contributed by atoms with van der Waals surface area (Å²) in [6, 6.07) is 3.23. The van der Waals surface area contributed by atoms with Crippen molar-refractivity contribution in [3.63, 3.8) is 0 Å². The molecule has 1 fully saturated rings. The molecule has 1 saturated heterocycles. The lowest BCUT2D eigenvalue weighted by molar-refractivity contribution is 0.114. The van der Waals surface area contributed by atoms with E-state index in [1.165, 1.54) is 11.3 Å². The molecule has 3 atom stereocenters. The maximum absolute atomic E-state index is 11.7. The number of carbonyl (C=O) groups excluding carboxylic acids is 1. The molecule has 0 bridgehead atoms. The second-order valence-electron chi connectivity index (χ2n) is 4.48. The predicted molar refractivity (Wildman–Crippen MR) is 74.6 cm³/mol. The summed E-state index contributed by atoms with van der Waals surface area (Å²) in [6.45, 7) is 2.76. The molecule has 0 aliphatic carbocycles. The topological polar surface area (TPSA) is 70.6 Å². The Morgan fingerprint density at radius 2 is 2.47 bits per heavy atom. The van der Waals surface area contributed by atoms with Crippen LogP contribution in [0.15, 0.2) is 12.1 Å². The van der Waals surface area contributed by atoms with Crippen LogP contribution >= 0.6 is 22.9 Å². The summed E-state index contributed by atoms with van der Waals surface area (Å²) in [5.74, 6) is 0. The quantitative estimate of drug-likeness (QED) is 0.796. The molecule has 19 heavy (non-hydrogen) atoms. The highest BCUT2D eigenvalue weighted by Crippen LogP contribution is 2.26. The van der Waals surface area contributed by atoms with Gasteiger partial charge in [0.25, 0.3) is 0 Å². The van der Waals surface area contributed by atoms with E-state index in [1.54, 1.807) is 12.1 Å². The fourth-order valence-electron chi connectivity index (χ4n) is 1.94. The molecule has 0 radical (unpaired) electrons. The molecule has 3 unspecified atom stereocenters. The summed E-state index contributed by atoms with van der Waals surface area (Å²) in [6.07, 6.45) is 0.116. The Morgan fingerprint density at radius 1 is 1.68 bits per heavy atom. The third kappa shape index (κ3) is 4.07. The average molecular weight is 305 g/mol. The normalized spacial score (nSPS) is 24.2. The van der Waals surface area contributed by atoms with Gasteiger partial charge in [-0.15, -0.1) is 11.3 Å². The first kappa shape index (κ1) is 14.6. The molecular formula is C12H17ClN2O3S. The number of ether oxygens (including phenoxy) is 1. The molecule has 7 heteroatoms. The molecule has 1 aliphatic rings. The highest BCUT2D eigenvalue weighted by Gasteiger charge is 2.25. The highest BCUT2D eigenvalue weighted by atomic mass is 35.5. The number of halogens is 1. The van der Waals surface area contributed by atoms with Gasteiger partial charge in [0, 0.05) is 11.5 Å². The maximum Gasteiger partial charge on any atom is 0.315 e. The van der Waals surface area contributed by atoms with Gasteiger partial charge in [0.05, 0.1) is 23.0 Å². The van der Waals surface area contributed by atoms with Crippen molar-refractivity contribution in [3.8, 4) is 0 Å². The summed E-state index contributed by atoms with van der Waals surface area (Å²) in [5.41, 5.74) is 0. The summed E-state index contributed by atoms with van der Waals surface area (Å²) in [7, 11) is 0. The Kier molecular flexibility index (Phi) is 5.04. The summed E-state index contributed by atoms with van der Waals surface area (Å²) in [4.78, 5) is 12.4. The van der Waals surface area contributed by atoms with Gasteiger partial charge in [-0.05, 0) is 25.5 Å². The largest absolute Gasteiger partial charge is 0.386 e. The van der Waals surface area contributed by atoms with Gasteiger partial charge in [-0.3, -0.25) is 0 Å². The SMILES string of the molecule is CC1OCCC1NC(=O)NCC(O)c1ccc(Cl)s1. The number of urea groups is 1. The first-order chi connectivity index (χ1) is 9.06. The fraction of sp³-hybridized carbons (Fsp3) is 0.583. The zero-order chi connectivity index (χ0) is 13.8. The molecule has 2 amide bonds. The van der Waals surface area contributed by atoms with Crippen LogP contribution in [0.25, 0.3) is 0 Å². The van der Waals surface area contributed by atoms with Crippen molar-refractivity contribution in [3.05, 3.63) is 21.3 Å². The van der Waals surface area contributed by atoms with Gasteiger partial charge in [-0.25, -0.2) is 4.79 Å². The van der Waals surface area contributed by atoms with E-state index in [9.17, 15) is 9.90 Å². The lowest BCUT2D eigenvalue weighted by Gasteiger charge is -2.17. The number of nitrogens with one attached hydrogen (secondary N) is 2. The van der Waals surface area contributed by atoms with E-state index in [0.717, 1.165) is 11.3 Å². The van der Waals surface area contributed by atoms with E-state index in [4.69, 9.17) is 16.3 Å². The van der Waals surface area contributed by atoms with Gasteiger partial charge >= 0.3 is 6.03 Å². The molecule has 0 saturated carbocycles. The van der Waals surface area contributed by atoms with Crippen molar-refractivity contribution >= 4 is 29.0 Å². The number of hydrogen-bond acceptors (Lipinski definition) is 4. The molecule has 3 N–H and O–H groups in total. The lowest BCUT2D eigenvalue weighted by atomic mass is 10.2. The Morgan fingerprint density at radius 3 is 3.05 bits per heavy atom. The van der Waals surface area contributed by atoms with Crippen molar-refractivity contribution < 1.29 is 14.6 Å². The molecule has 1 aromatic heterocycles. The van der Waals surface area contributed by atoms with E-state index in [0.29, 0.717) is 10.9 Å². The zero-order valence-electron chi connectivity index (χ0n) is 10.6.